The van der Waals surface area contributed by atoms with E-state index in [1.165, 1.54) is 0 Å². The van der Waals surface area contributed by atoms with Gasteiger partial charge < -0.3 is 9.47 Å². The van der Waals surface area contributed by atoms with Crippen molar-refractivity contribution >= 4 is 16.7 Å². The molecule has 4 heteroatoms. The van der Waals surface area contributed by atoms with E-state index < -0.39 is 0 Å². The summed E-state index contributed by atoms with van der Waals surface area (Å²) in [4.78, 5) is 15.9. The van der Waals surface area contributed by atoms with E-state index in [1.807, 2.05) is 56.3 Å². The Balaban J connectivity index is 1.80. The molecule has 0 amide bonds. The topological polar surface area (TPSA) is 48.4 Å². The molecule has 0 bridgehead atoms. The average Bonchev–Trinajstić information content (AvgIpc) is 2.55. The van der Waals surface area contributed by atoms with Crippen LogP contribution >= 0.6 is 0 Å². The summed E-state index contributed by atoms with van der Waals surface area (Å²) < 4.78 is 11.4. The molecule has 0 fully saturated rings. The molecule has 3 rings (SSSR count). The van der Waals surface area contributed by atoms with Gasteiger partial charge in [-0.2, -0.15) is 0 Å². The normalized spacial score (nSPS) is 10.8. The molecule has 0 saturated heterocycles. The van der Waals surface area contributed by atoms with Crippen LogP contribution in [0.2, 0.25) is 0 Å². The van der Waals surface area contributed by atoms with Crippen LogP contribution in [0.1, 0.15) is 31.1 Å². The van der Waals surface area contributed by atoms with Gasteiger partial charge in [0.25, 0.3) is 0 Å². The van der Waals surface area contributed by atoms with Crippen molar-refractivity contribution in [3.63, 3.8) is 0 Å². The highest BCUT2D eigenvalue weighted by Crippen LogP contribution is 2.25. The second kappa shape index (κ2) is 6.71. The number of Topliss-reactive ketones (excluding diaryl/α,β-unsaturated/α-hetero) is 1. The van der Waals surface area contributed by atoms with E-state index in [2.05, 4.69) is 4.98 Å². The van der Waals surface area contributed by atoms with Crippen LogP contribution in [0.4, 0.5) is 0 Å². The molecule has 0 aliphatic rings. The molecule has 0 atom stereocenters. The number of hydrogen-bond acceptors (Lipinski definition) is 4. The predicted molar refractivity (Wildman–Crippen MR) is 94.0 cm³/mol. The zero-order valence-electron chi connectivity index (χ0n) is 13.9. The van der Waals surface area contributed by atoms with Crippen LogP contribution in [0.3, 0.4) is 0 Å². The average molecular weight is 321 g/mol. The van der Waals surface area contributed by atoms with E-state index in [-0.39, 0.29) is 11.9 Å². The highest BCUT2D eigenvalue weighted by atomic mass is 16.5. The molecule has 3 aromatic rings. The number of ether oxygens (including phenoxy) is 2. The first-order valence-electron chi connectivity index (χ1n) is 7.87. The van der Waals surface area contributed by atoms with Crippen LogP contribution in [0, 0.1) is 0 Å². The van der Waals surface area contributed by atoms with E-state index in [0.29, 0.717) is 17.2 Å². The molecule has 0 saturated carbocycles. The lowest BCUT2D eigenvalue weighted by atomic mass is 10.1. The molecule has 2 aromatic carbocycles. The Labute approximate surface area is 141 Å². The first-order chi connectivity index (χ1) is 11.5. The second-order valence-corrected chi connectivity index (χ2v) is 5.85. The standard InChI is InChI=1S/C20H19NO3/c1-13(2)23-17-6-8-18(9-7-17)24-20-11-5-16-12-15(14(3)22)4-10-19(16)21-20/h4-13H,1-3H3. The highest BCUT2D eigenvalue weighted by molar-refractivity contribution is 5.97. The van der Waals surface area contributed by atoms with Crippen LogP contribution < -0.4 is 9.47 Å². The van der Waals surface area contributed by atoms with E-state index in [9.17, 15) is 4.79 Å². The summed E-state index contributed by atoms with van der Waals surface area (Å²) >= 11 is 0. The van der Waals surface area contributed by atoms with Crippen LogP contribution in [0.25, 0.3) is 10.9 Å². The molecule has 0 aliphatic heterocycles. The van der Waals surface area contributed by atoms with Gasteiger partial charge in [0, 0.05) is 17.0 Å². The van der Waals surface area contributed by atoms with Crippen molar-refractivity contribution in [3.8, 4) is 17.4 Å². The third-order valence-electron chi connectivity index (χ3n) is 3.49. The van der Waals surface area contributed by atoms with E-state index >= 15 is 0 Å². The number of rotatable bonds is 5. The van der Waals surface area contributed by atoms with Gasteiger partial charge >= 0.3 is 0 Å². The van der Waals surface area contributed by atoms with Crippen molar-refractivity contribution in [2.45, 2.75) is 26.9 Å². The monoisotopic (exact) mass is 321 g/mol. The van der Waals surface area contributed by atoms with Crippen molar-refractivity contribution in [1.29, 1.82) is 0 Å². The summed E-state index contributed by atoms with van der Waals surface area (Å²) in [5.74, 6) is 2.05. The molecule has 0 N–H and O–H groups in total. The molecular weight excluding hydrogens is 302 g/mol. The number of fused-ring (bicyclic) bond motifs is 1. The number of pyridine rings is 1. The minimum Gasteiger partial charge on any atom is -0.491 e. The van der Waals surface area contributed by atoms with Crippen molar-refractivity contribution in [1.82, 2.24) is 4.98 Å². The summed E-state index contributed by atoms with van der Waals surface area (Å²) in [5.41, 5.74) is 1.47. The van der Waals surface area contributed by atoms with Gasteiger partial charge in [0.2, 0.25) is 5.88 Å². The quantitative estimate of drug-likeness (QED) is 0.619. The maximum absolute atomic E-state index is 11.4. The lowest BCUT2D eigenvalue weighted by molar-refractivity contribution is 0.101. The fraction of sp³-hybridized carbons (Fsp3) is 0.200. The van der Waals surface area contributed by atoms with E-state index in [4.69, 9.17) is 9.47 Å². The fourth-order valence-electron chi connectivity index (χ4n) is 2.36. The first kappa shape index (κ1) is 16.0. The molecule has 0 aliphatic carbocycles. The highest BCUT2D eigenvalue weighted by Gasteiger charge is 2.05. The van der Waals surface area contributed by atoms with Crippen molar-refractivity contribution in [3.05, 3.63) is 60.2 Å². The number of carbonyl (C=O) groups is 1. The largest absolute Gasteiger partial charge is 0.491 e. The third kappa shape index (κ3) is 3.71. The molecule has 24 heavy (non-hydrogen) atoms. The van der Waals surface area contributed by atoms with Gasteiger partial charge in [-0.15, -0.1) is 0 Å². The maximum atomic E-state index is 11.4. The Morgan fingerprint density at radius 2 is 1.67 bits per heavy atom. The Kier molecular flexibility index (Phi) is 4.47. The summed E-state index contributed by atoms with van der Waals surface area (Å²) in [6.07, 6.45) is 0.138. The van der Waals surface area contributed by atoms with Crippen LogP contribution in [-0.2, 0) is 0 Å². The summed E-state index contributed by atoms with van der Waals surface area (Å²) in [5, 5.41) is 0.913. The van der Waals surface area contributed by atoms with Gasteiger partial charge in [0.15, 0.2) is 5.78 Å². The van der Waals surface area contributed by atoms with Crippen LogP contribution in [0.15, 0.2) is 54.6 Å². The van der Waals surface area contributed by atoms with Crippen molar-refractivity contribution in [2.75, 3.05) is 0 Å². The molecule has 0 radical (unpaired) electrons. The molecule has 122 valence electrons. The summed E-state index contributed by atoms with van der Waals surface area (Å²) in [6, 6.07) is 16.6. The lowest BCUT2D eigenvalue weighted by Gasteiger charge is -2.10. The Bertz CT molecular complexity index is 870. The van der Waals surface area contributed by atoms with Crippen molar-refractivity contribution < 1.29 is 14.3 Å². The second-order valence-electron chi connectivity index (χ2n) is 5.85. The van der Waals surface area contributed by atoms with Gasteiger partial charge in [0.1, 0.15) is 11.5 Å². The SMILES string of the molecule is CC(=O)c1ccc2nc(Oc3ccc(OC(C)C)cc3)ccc2c1. The fourth-order valence-corrected chi connectivity index (χ4v) is 2.36. The number of nitrogens with zero attached hydrogens (tertiary/aromatic N) is 1. The zero-order valence-corrected chi connectivity index (χ0v) is 13.9. The zero-order chi connectivity index (χ0) is 17.1. The van der Waals surface area contributed by atoms with E-state index in [0.717, 1.165) is 16.7 Å². The Hall–Kier alpha value is -2.88. The van der Waals surface area contributed by atoms with Gasteiger partial charge in [-0.3, -0.25) is 4.79 Å². The molecule has 4 nitrogen and oxygen atoms in total. The molecule has 1 aromatic heterocycles. The van der Waals surface area contributed by atoms with Crippen LogP contribution in [-0.4, -0.2) is 16.9 Å². The van der Waals surface area contributed by atoms with Gasteiger partial charge in [0.05, 0.1) is 11.6 Å². The molecule has 1 heterocycles. The number of hydrogen-bond donors (Lipinski definition) is 0. The van der Waals surface area contributed by atoms with Gasteiger partial charge in [-0.05, 0) is 69.3 Å². The smallest absolute Gasteiger partial charge is 0.219 e. The molecule has 0 unspecified atom stereocenters. The van der Waals surface area contributed by atoms with Gasteiger partial charge in [-0.1, -0.05) is 0 Å². The van der Waals surface area contributed by atoms with Crippen molar-refractivity contribution in [2.24, 2.45) is 0 Å². The van der Waals surface area contributed by atoms with Gasteiger partial charge in [-0.25, -0.2) is 4.98 Å². The van der Waals surface area contributed by atoms with Crippen LogP contribution in [0.5, 0.6) is 17.4 Å². The minimum atomic E-state index is 0.0425. The first-order valence-corrected chi connectivity index (χ1v) is 7.87. The molecular formula is C20H19NO3. The molecule has 0 spiro atoms. The predicted octanol–water partition coefficient (Wildman–Crippen LogP) is 5.02. The third-order valence-corrected chi connectivity index (χ3v) is 3.49. The summed E-state index contributed by atoms with van der Waals surface area (Å²) in [6.45, 7) is 5.53. The number of carbonyl (C=O) groups excluding carboxylic acids is 1. The maximum Gasteiger partial charge on any atom is 0.219 e. The number of ketones is 1. The number of benzene rings is 2. The Morgan fingerprint density at radius 1 is 0.958 bits per heavy atom. The summed E-state index contributed by atoms with van der Waals surface area (Å²) in [7, 11) is 0. The Morgan fingerprint density at radius 3 is 2.33 bits per heavy atom. The number of aromatic nitrogens is 1. The minimum absolute atomic E-state index is 0.0425. The van der Waals surface area contributed by atoms with E-state index in [1.54, 1.807) is 19.1 Å². The lowest BCUT2D eigenvalue weighted by Crippen LogP contribution is -2.05.